The molecule has 21 heavy (non-hydrogen) atoms. The highest BCUT2D eigenvalue weighted by molar-refractivity contribution is 9.10. The minimum atomic E-state index is -0.362. The summed E-state index contributed by atoms with van der Waals surface area (Å²) >= 11 is 3.46. The van der Waals surface area contributed by atoms with Crippen LogP contribution in [0.4, 0.5) is 5.69 Å². The van der Waals surface area contributed by atoms with Crippen molar-refractivity contribution in [3.05, 3.63) is 28.7 Å². The molecular weight excluding hydrogens is 330 g/mol. The number of nitrogens with one attached hydrogen (secondary N) is 1. The van der Waals surface area contributed by atoms with E-state index >= 15 is 0 Å². The molecule has 1 fully saturated rings. The Bertz CT molecular complexity index is 463. The smallest absolute Gasteiger partial charge is 0.236 e. The highest BCUT2D eigenvalue weighted by Gasteiger charge is 2.23. The molecule has 2 unspecified atom stereocenters. The van der Waals surface area contributed by atoms with Gasteiger partial charge in [-0.05, 0) is 43.0 Å². The molecule has 0 spiro atoms. The Balaban J connectivity index is 1.77. The number of halogens is 1. The molecule has 3 N–H and O–H groups in total. The number of benzene rings is 1. The van der Waals surface area contributed by atoms with Gasteiger partial charge in [-0.25, -0.2) is 0 Å². The van der Waals surface area contributed by atoms with Crippen molar-refractivity contribution in [1.29, 1.82) is 0 Å². The van der Waals surface area contributed by atoms with Crippen molar-refractivity contribution >= 4 is 27.5 Å². The van der Waals surface area contributed by atoms with E-state index in [-0.39, 0.29) is 11.9 Å². The number of anilines is 1. The van der Waals surface area contributed by atoms with Crippen molar-refractivity contribution in [2.45, 2.75) is 32.2 Å². The molecular formula is C16H24BrN3O. The van der Waals surface area contributed by atoms with Crippen molar-refractivity contribution in [1.82, 2.24) is 5.32 Å². The van der Waals surface area contributed by atoms with Crippen LogP contribution in [-0.4, -0.2) is 31.6 Å². The predicted molar refractivity (Wildman–Crippen MR) is 90.4 cm³/mol. The topological polar surface area (TPSA) is 58.4 Å². The predicted octanol–water partition coefficient (Wildman–Crippen LogP) is 2.52. The second-order valence-electron chi connectivity index (χ2n) is 5.72. The van der Waals surface area contributed by atoms with Crippen LogP contribution in [0.2, 0.25) is 0 Å². The Morgan fingerprint density at radius 3 is 2.86 bits per heavy atom. The van der Waals surface area contributed by atoms with Gasteiger partial charge in [0.25, 0.3) is 0 Å². The van der Waals surface area contributed by atoms with Crippen LogP contribution >= 0.6 is 15.9 Å². The van der Waals surface area contributed by atoms with Crippen LogP contribution in [0.5, 0.6) is 0 Å². The summed E-state index contributed by atoms with van der Waals surface area (Å²) in [6.07, 6.45) is 2.80. The van der Waals surface area contributed by atoms with Crippen LogP contribution in [0.15, 0.2) is 28.7 Å². The summed E-state index contributed by atoms with van der Waals surface area (Å²) < 4.78 is 1.10. The van der Waals surface area contributed by atoms with E-state index in [2.05, 4.69) is 50.4 Å². The van der Waals surface area contributed by atoms with E-state index < -0.39 is 0 Å². The molecule has 1 aliphatic heterocycles. The highest BCUT2D eigenvalue weighted by Crippen LogP contribution is 2.24. The fraction of sp³-hybridized carbons (Fsp3) is 0.562. The molecule has 0 radical (unpaired) electrons. The van der Waals surface area contributed by atoms with Gasteiger partial charge in [0, 0.05) is 29.8 Å². The molecule has 0 aromatic heterocycles. The largest absolute Gasteiger partial charge is 0.371 e. The zero-order valence-corrected chi connectivity index (χ0v) is 14.1. The lowest BCUT2D eigenvalue weighted by Gasteiger charge is -2.19. The summed E-state index contributed by atoms with van der Waals surface area (Å²) in [5.41, 5.74) is 7.06. The minimum Gasteiger partial charge on any atom is -0.371 e. The van der Waals surface area contributed by atoms with Gasteiger partial charge in [-0.3, -0.25) is 4.79 Å². The molecule has 1 aliphatic rings. The van der Waals surface area contributed by atoms with Gasteiger partial charge >= 0.3 is 0 Å². The molecule has 0 bridgehead atoms. The zero-order valence-electron chi connectivity index (χ0n) is 12.5. The number of hydrogen-bond acceptors (Lipinski definition) is 3. The summed E-state index contributed by atoms with van der Waals surface area (Å²) in [6.45, 7) is 4.80. The Morgan fingerprint density at radius 2 is 2.19 bits per heavy atom. The van der Waals surface area contributed by atoms with E-state index in [0.717, 1.165) is 43.4 Å². The monoisotopic (exact) mass is 353 g/mol. The molecule has 0 aliphatic carbocycles. The van der Waals surface area contributed by atoms with Crippen molar-refractivity contribution in [2.75, 3.05) is 24.5 Å². The normalized spacial score (nSPS) is 19.6. The third kappa shape index (κ3) is 4.71. The molecule has 1 aromatic carbocycles. The first-order valence-electron chi connectivity index (χ1n) is 7.64. The van der Waals surface area contributed by atoms with E-state index in [0.29, 0.717) is 5.92 Å². The number of amides is 1. The van der Waals surface area contributed by atoms with E-state index in [1.807, 2.05) is 6.92 Å². The SMILES string of the molecule is CCCC(N)C(=O)NCC1CCN(c2ccc(Br)cc2)C1. The standard InChI is InChI=1S/C16H24BrN3O/c1-2-3-15(18)16(21)19-10-12-8-9-20(11-12)14-6-4-13(17)5-7-14/h4-7,12,15H,2-3,8-11,18H2,1H3,(H,19,21). The van der Waals surface area contributed by atoms with Crippen LogP contribution in [0.25, 0.3) is 0 Å². The maximum Gasteiger partial charge on any atom is 0.236 e. The summed E-state index contributed by atoms with van der Waals surface area (Å²) in [4.78, 5) is 14.2. The van der Waals surface area contributed by atoms with Gasteiger partial charge < -0.3 is 16.0 Å². The Labute approximate surface area is 135 Å². The first-order chi connectivity index (χ1) is 10.1. The molecule has 5 heteroatoms. The van der Waals surface area contributed by atoms with Crippen molar-refractivity contribution in [3.8, 4) is 0 Å². The summed E-state index contributed by atoms with van der Waals surface area (Å²) in [5.74, 6) is 0.491. The number of hydrogen-bond donors (Lipinski definition) is 2. The lowest BCUT2D eigenvalue weighted by Crippen LogP contribution is -2.42. The maximum absolute atomic E-state index is 11.8. The van der Waals surface area contributed by atoms with Crippen LogP contribution in [0, 0.1) is 5.92 Å². The average Bonchev–Trinajstić information content (AvgIpc) is 2.94. The fourth-order valence-corrected chi connectivity index (χ4v) is 2.97. The van der Waals surface area contributed by atoms with Gasteiger partial charge in [0.15, 0.2) is 0 Å². The minimum absolute atomic E-state index is 0.0149. The molecule has 1 amide bonds. The van der Waals surface area contributed by atoms with E-state index in [1.165, 1.54) is 5.69 Å². The van der Waals surface area contributed by atoms with Gasteiger partial charge in [-0.2, -0.15) is 0 Å². The lowest BCUT2D eigenvalue weighted by atomic mass is 10.1. The van der Waals surface area contributed by atoms with Gasteiger partial charge in [-0.1, -0.05) is 29.3 Å². The van der Waals surface area contributed by atoms with E-state index in [1.54, 1.807) is 0 Å². The molecule has 4 nitrogen and oxygen atoms in total. The number of nitrogens with two attached hydrogens (primary N) is 1. The summed E-state index contributed by atoms with van der Waals surface area (Å²) in [6, 6.07) is 8.02. The quantitative estimate of drug-likeness (QED) is 0.825. The van der Waals surface area contributed by atoms with Crippen molar-refractivity contribution in [3.63, 3.8) is 0 Å². The number of carbonyl (C=O) groups excluding carboxylic acids is 1. The van der Waals surface area contributed by atoms with Crippen LogP contribution < -0.4 is 16.0 Å². The second-order valence-corrected chi connectivity index (χ2v) is 6.63. The maximum atomic E-state index is 11.8. The third-order valence-electron chi connectivity index (χ3n) is 3.98. The molecule has 1 saturated heterocycles. The fourth-order valence-electron chi connectivity index (χ4n) is 2.70. The highest BCUT2D eigenvalue weighted by atomic mass is 79.9. The molecule has 1 aromatic rings. The van der Waals surface area contributed by atoms with Gasteiger partial charge in [0.1, 0.15) is 0 Å². The average molecular weight is 354 g/mol. The molecule has 116 valence electrons. The lowest BCUT2D eigenvalue weighted by molar-refractivity contribution is -0.122. The number of carbonyl (C=O) groups is 1. The first kappa shape index (κ1) is 16.3. The van der Waals surface area contributed by atoms with Crippen LogP contribution in [-0.2, 0) is 4.79 Å². The van der Waals surface area contributed by atoms with Crippen molar-refractivity contribution < 1.29 is 4.79 Å². The molecule has 2 rings (SSSR count). The Kier molecular flexibility index (Phi) is 6.06. The second kappa shape index (κ2) is 7.80. The Hall–Kier alpha value is -1.07. The number of nitrogens with zero attached hydrogens (tertiary/aromatic N) is 1. The zero-order chi connectivity index (χ0) is 15.2. The summed E-state index contributed by atoms with van der Waals surface area (Å²) in [5, 5.41) is 2.99. The Morgan fingerprint density at radius 1 is 1.48 bits per heavy atom. The van der Waals surface area contributed by atoms with E-state index in [9.17, 15) is 4.79 Å². The molecule has 0 saturated carbocycles. The van der Waals surface area contributed by atoms with Crippen molar-refractivity contribution in [2.24, 2.45) is 11.7 Å². The first-order valence-corrected chi connectivity index (χ1v) is 8.43. The van der Waals surface area contributed by atoms with E-state index in [4.69, 9.17) is 5.73 Å². The van der Waals surface area contributed by atoms with Crippen LogP contribution in [0.3, 0.4) is 0 Å². The number of rotatable bonds is 6. The third-order valence-corrected chi connectivity index (χ3v) is 4.51. The molecule has 2 atom stereocenters. The van der Waals surface area contributed by atoms with Gasteiger partial charge in [0.05, 0.1) is 6.04 Å². The molecule has 1 heterocycles. The summed E-state index contributed by atoms with van der Waals surface area (Å²) in [7, 11) is 0. The van der Waals surface area contributed by atoms with Gasteiger partial charge in [-0.15, -0.1) is 0 Å². The van der Waals surface area contributed by atoms with Crippen LogP contribution in [0.1, 0.15) is 26.2 Å². The van der Waals surface area contributed by atoms with Gasteiger partial charge in [0.2, 0.25) is 5.91 Å².